The molecule has 0 saturated carbocycles. The quantitative estimate of drug-likeness (QED) is 0.721. The van der Waals surface area contributed by atoms with Crippen molar-refractivity contribution in [3.8, 4) is 11.5 Å². The van der Waals surface area contributed by atoms with Gasteiger partial charge in [-0.3, -0.25) is 0 Å². The monoisotopic (exact) mass is 231 g/mol. The second-order valence-electron chi connectivity index (χ2n) is 3.14. The summed E-state index contributed by atoms with van der Waals surface area (Å²) in [5, 5.41) is 27.4. The molecular formula is C13H11O4-. The minimum absolute atomic E-state index is 0.0764. The van der Waals surface area contributed by atoms with Gasteiger partial charge in [0.1, 0.15) is 0 Å². The van der Waals surface area contributed by atoms with E-state index in [0.717, 1.165) is 0 Å². The first-order valence-electron chi connectivity index (χ1n) is 4.84. The van der Waals surface area contributed by atoms with Gasteiger partial charge >= 0.3 is 0 Å². The number of carboxylic acid groups (broad SMARTS) is 1. The van der Waals surface area contributed by atoms with Gasteiger partial charge in [0.15, 0.2) is 11.5 Å². The number of hydrogen-bond donors (Lipinski definition) is 2. The zero-order valence-corrected chi connectivity index (χ0v) is 8.91. The standard InChI is InChI=1S/C7H6O2.C6H6O2/c8-7(9)6-4-2-1-3-5-6;7-5-3-1-2-4-6(5)8/h1-5H,(H,8,9);1-4,7-8H/p-1. The van der Waals surface area contributed by atoms with Gasteiger partial charge in [-0.1, -0.05) is 42.5 Å². The second-order valence-corrected chi connectivity index (χ2v) is 3.14. The van der Waals surface area contributed by atoms with E-state index in [1.165, 1.54) is 24.3 Å². The third-order valence-electron chi connectivity index (χ3n) is 1.89. The predicted octanol–water partition coefficient (Wildman–Crippen LogP) is 1.15. The Balaban J connectivity index is 0.000000171. The molecule has 0 aromatic heterocycles. The zero-order valence-electron chi connectivity index (χ0n) is 8.91. The lowest BCUT2D eigenvalue weighted by Gasteiger charge is -1.97. The highest BCUT2D eigenvalue weighted by Gasteiger charge is 1.90. The van der Waals surface area contributed by atoms with E-state index in [2.05, 4.69) is 0 Å². The molecule has 0 radical (unpaired) electrons. The van der Waals surface area contributed by atoms with Crippen LogP contribution >= 0.6 is 0 Å². The molecule has 88 valence electrons. The fourth-order valence-electron chi connectivity index (χ4n) is 1.04. The molecule has 0 aliphatic rings. The number of carbonyl (C=O) groups excluding carboxylic acids is 1. The number of benzene rings is 2. The SMILES string of the molecule is O=C([O-])c1ccccc1.Oc1ccccc1O. The van der Waals surface area contributed by atoms with Crippen LogP contribution in [0.25, 0.3) is 0 Å². The molecule has 0 saturated heterocycles. The van der Waals surface area contributed by atoms with Crippen LogP contribution < -0.4 is 5.11 Å². The van der Waals surface area contributed by atoms with Crippen LogP contribution in [0, 0.1) is 0 Å². The summed E-state index contributed by atoms with van der Waals surface area (Å²) in [4.78, 5) is 10.1. The Morgan fingerprint density at radius 2 is 1.24 bits per heavy atom. The van der Waals surface area contributed by atoms with E-state index in [4.69, 9.17) is 10.2 Å². The average molecular weight is 231 g/mol. The molecule has 2 aromatic rings. The first-order chi connectivity index (χ1) is 8.11. The Kier molecular flexibility index (Phi) is 4.57. The van der Waals surface area contributed by atoms with E-state index in [9.17, 15) is 9.90 Å². The highest BCUT2D eigenvalue weighted by atomic mass is 16.4. The molecule has 0 fully saturated rings. The van der Waals surface area contributed by atoms with E-state index >= 15 is 0 Å². The van der Waals surface area contributed by atoms with E-state index in [0.29, 0.717) is 0 Å². The number of carboxylic acids is 1. The Morgan fingerprint density at radius 3 is 1.53 bits per heavy atom. The molecule has 4 heteroatoms. The van der Waals surface area contributed by atoms with Crippen molar-refractivity contribution in [2.45, 2.75) is 0 Å². The van der Waals surface area contributed by atoms with Gasteiger partial charge in [-0.2, -0.15) is 0 Å². The van der Waals surface area contributed by atoms with Crippen LogP contribution in [0.5, 0.6) is 11.5 Å². The summed E-state index contributed by atoms with van der Waals surface area (Å²) in [6, 6.07) is 14.2. The first kappa shape index (κ1) is 12.6. The second kappa shape index (κ2) is 6.17. The number of phenols is 2. The number of para-hydroxylation sites is 2. The Labute approximate surface area is 98.4 Å². The first-order valence-corrected chi connectivity index (χ1v) is 4.84. The van der Waals surface area contributed by atoms with Crippen LogP contribution in [0.1, 0.15) is 10.4 Å². The van der Waals surface area contributed by atoms with Crippen molar-refractivity contribution >= 4 is 5.97 Å². The fourth-order valence-corrected chi connectivity index (χ4v) is 1.04. The van der Waals surface area contributed by atoms with Crippen molar-refractivity contribution < 1.29 is 20.1 Å². The topological polar surface area (TPSA) is 80.6 Å². The highest BCUT2D eigenvalue weighted by Crippen LogP contribution is 2.21. The zero-order chi connectivity index (χ0) is 12.7. The van der Waals surface area contributed by atoms with Crippen LogP contribution in [0.2, 0.25) is 0 Å². The van der Waals surface area contributed by atoms with Crippen molar-refractivity contribution in [3.05, 3.63) is 60.2 Å². The average Bonchev–Trinajstić information content (AvgIpc) is 2.35. The summed E-state index contributed by atoms with van der Waals surface area (Å²) < 4.78 is 0. The maximum atomic E-state index is 10.1. The Morgan fingerprint density at radius 1 is 0.824 bits per heavy atom. The molecule has 0 heterocycles. The Hall–Kier alpha value is -2.49. The lowest BCUT2D eigenvalue weighted by Crippen LogP contribution is -2.21. The van der Waals surface area contributed by atoms with Crippen molar-refractivity contribution in [2.24, 2.45) is 0 Å². The number of phenolic OH excluding ortho intramolecular Hbond substituents is 2. The van der Waals surface area contributed by atoms with Gasteiger partial charge < -0.3 is 20.1 Å². The van der Waals surface area contributed by atoms with Gasteiger partial charge in [-0.15, -0.1) is 0 Å². The van der Waals surface area contributed by atoms with Gasteiger partial charge in [0.2, 0.25) is 0 Å². The molecule has 0 aliphatic carbocycles. The molecule has 0 amide bonds. The predicted molar refractivity (Wildman–Crippen MR) is 60.5 cm³/mol. The molecule has 17 heavy (non-hydrogen) atoms. The number of hydrogen-bond acceptors (Lipinski definition) is 4. The van der Waals surface area contributed by atoms with Gasteiger partial charge in [-0.25, -0.2) is 0 Å². The maximum absolute atomic E-state index is 10.1. The summed E-state index contributed by atoms with van der Waals surface area (Å²) in [5.74, 6) is -1.28. The van der Waals surface area contributed by atoms with Crippen molar-refractivity contribution in [1.29, 1.82) is 0 Å². The minimum atomic E-state index is -1.13. The van der Waals surface area contributed by atoms with Crippen LogP contribution in [-0.2, 0) is 0 Å². The number of aromatic hydroxyl groups is 2. The van der Waals surface area contributed by atoms with E-state index in [1.54, 1.807) is 30.3 Å². The number of aromatic carboxylic acids is 1. The van der Waals surface area contributed by atoms with E-state index in [1.807, 2.05) is 0 Å². The molecular weight excluding hydrogens is 220 g/mol. The van der Waals surface area contributed by atoms with Crippen molar-refractivity contribution in [3.63, 3.8) is 0 Å². The third kappa shape index (κ3) is 4.25. The highest BCUT2D eigenvalue weighted by molar-refractivity contribution is 5.85. The largest absolute Gasteiger partial charge is 0.545 e. The smallest absolute Gasteiger partial charge is 0.157 e. The molecule has 2 rings (SSSR count). The van der Waals surface area contributed by atoms with Crippen molar-refractivity contribution in [2.75, 3.05) is 0 Å². The molecule has 0 spiro atoms. The lowest BCUT2D eigenvalue weighted by molar-refractivity contribution is -0.255. The van der Waals surface area contributed by atoms with Crippen LogP contribution in [-0.4, -0.2) is 16.2 Å². The molecule has 0 atom stereocenters. The molecule has 0 unspecified atom stereocenters. The van der Waals surface area contributed by atoms with Gasteiger partial charge in [0.05, 0.1) is 5.97 Å². The normalized spacial score (nSPS) is 8.94. The number of carbonyl (C=O) groups is 1. The molecule has 0 bridgehead atoms. The van der Waals surface area contributed by atoms with Crippen LogP contribution in [0.4, 0.5) is 0 Å². The van der Waals surface area contributed by atoms with E-state index < -0.39 is 5.97 Å². The van der Waals surface area contributed by atoms with E-state index in [-0.39, 0.29) is 17.1 Å². The van der Waals surface area contributed by atoms with Crippen LogP contribution in [0.3, 0.4) is 0 Å². The summed E-state index contributed by atoms with van der Waals surface area (Å²) in [6.07, 6.45) is 0. The summed E-state index contributed by atoms with van der Waals surface area (Å²) in [5.41, 5.74) is 0.220. The molecule has 2 aromatic carbocycles. The molecule has 0 aliphatic heterocycles. The fraction of sp³-hybridized carbons (Fsp3) is 0. The molecule has 4 nitrogen and oxygen atoms in total. The van der Waals surface area contributed by atoms with Crippen molar-refractivity contribution in [1.82, 2.24) is 0 Å². The summed E-state index contributed by atoms with van der Waals surface area (Å²) in [7, 11) is 0. The maximum Gasteiger partial charge on any atom is 0.157 e. The van der Waals surface area contributed by atoms with Crippen LogP contribution in [0.15, 0.2) is 54.6 Å². The Bertz CT molecular complexity index is 459. The van der Waals surface area contributed by atoms with Gasteiger partial charge in [0, 0.05) is 0 Å². The van der Waals surface area contributed by atoms with Gasteiger partial charge in [-0.05, 0) is 17.7 Å². The lowest BCUT2D eigenvalue weighted by atomic mass is 10.2. The summed E-state index contributed by atoms with van der Waals surface area (Å²) >= 11 is 0. The minimum Gasteiger partial charge on any atom is -0.545 e. The number of rotatable bonds is 1. The summed E-state index contributed by atoms with van der Waals surface area (Å²) in [6.45, 7) is 0. The van der Waals surface area contributed by atoms with Gasteiger partial charge in [0.25, 0.3) is 0 Å². The third-order valence-corrected chi connectivity index (χ3v) is 1.89. The molecule has 2 N–H and O–H groups in total.